The predicted octanol–water partition coefficient (Wildman–Crippen LogP) is 4.91. The molecule has 0 radical (unpaired) electrons. The van der Waals surface area contributed by atoms with Gasteiger partial charge in [-0.25, -0.2) is 9.97 Å². The van der Waals surface area contributed by atoms with Gasteiger partial charge in [0.15, 0.2) is 0 Å². The summed E-state index contributed by atoms with van der Waals surface area (Å²) in [7, 11) is 0. The highest BCUT2D eigenvalue weighted by atomic mass is 14.8. The van der Waals surface area contributed by atoms with E-state index in [1.807, 2.05) is 36.4 Å². The van der Waals surface area contributed by atoms with E-state index in [1.54, 1.807) is 24.8 Å². The maximum Gasteiger partial charge on any atom is 0.0972 e. The van der Waals surface area contributed by atoms with Gasteiger partial charge in [0.2, 0.25) is 0 Å². The first-order chi connectivity index (χ1) is 12.9. The minimum absolute atomic E-state index is 0.910. The Bertz CT molecular complexity index is 1120. The zero-order valence-corrected chi connectivity index (χ0v) is 13.9. The number of hydrogen-bond donors (Lipinski definition) is 0. The van der Waals surface area contributed by atoms with Gasteiger partial charge in [0.25, 0.3) is 0 Å². The summed E-state index contributed by atoms with van der Waals surface area (Å²) in [6.07, 6.45) is 7.13. The second kappa shape index (κ2) is 6.01. The third kappa shape index (κ3) is 2.48. The smallest absolute Gasteiger partial charge is 0.0972 e. The van der Waals surface area contributed by atoms with Crippen molar-refractivity contribution in [2.45, 2.75) is 0 Å². The monoisotopic (exact) mass is 334 g/mol. The van der Waals surface area contributed by atoms with Gasteiger partial charge in [-0.2, -0.15) is 0 Å². The third-order valence-electron chi connectivity index (χ3n) is 4.47. The summed E-state index contributed by atoms with van der Waals surface area (Å²) in [5.41, 5.74) is 5.75. The van der Waals surface area contributed by atoms with Crippen LogP contribution >= 0.6 is 0 Å². The molecule has 4 nitrogen and oxygen atoms in total. The second-order valence-electron chi connectivity index (χ2n) is 6.07. The average Bonchev–Trinajstić information content (AvgIpc) is 2.74. The molecule has 0 amide bonds. The predicted molar refractivity (Wildman–Crippen MR) is 104 cm³/mol. The van der Waals surface area contributed by atoms with Crippen LogP contribution in [-0.2, 0) is 0 Å². The Morgan fingerprint density at radius 2 is 0.808 bits per heavy atom. The van der Waals surface area contributed by atoms with E-state index in [1.165, 1.54) is 0 Å². The van der Waals surface area contributed by atoms with Crippen LogP contribution in [0, 0.1) is 0 Å². The van der Waals surface area contributed by atoms with Gasteiger partial charge >= 0.3 is 0 Å². The molecule has 0 atom stereocenters. The molecule has 0 N–H and O–H groups in total. The highest BCUT2D eigenvalue weighted by molar-refractivity contribution is 6.04. The summed E-state index contributed by atoms with van der Waals surface area (Å²) in [6.45, 7) is 0. The first-order valence-electron chi connectivity index (χ1n) is 8.40. The SMILES string of the molecule is c1cc(-c2ccc3ccc4ccc(-c5ccncc5)nc4c3n2)ccn1. The Morgan fingerprint density at radius 1 is 0.423 bits per heavy atom. The van der Waals surface area contributed by atoms with E-state index >= 15 is 0 Å². The van der Waals surface area contributed by atoms with Crippen LogP contribution in [0.2, 0.25) is 0 Å². The molecule has 0 spiro atoms. The molecule has 26 heavy (non-hydrogen) atoms. The molecule has 0 saturated carbocycles. The molecule has 1 aromatic carbocycles. The molecular weight excluding hydrogens is 320 g/mol. The van der Waals surface area contributed by atoms with Gasteiger partial charge in [-0.3, -0.25) is 9.97 Å². The number of fused-ring (bicyclic) bond motifs is 3. The highest BCUT2D eigenvalue weighted by Gasteiger charge is 2.08. The minimum Gasteiger partial charge on any atom is -0.265 e. The van der Waals surface area contributed by atoms with Gasteiger partial charge in [-0.15, -0.1) is 0 Å². The minimum atomic E-state index is 0.910. The fourth-order valence-corrected chi connectivity index (χ4v) is 3.13. The summed E-state index contributed by atoms with van der Waals surface area (Å²) in [5.74, 6) is 0. The van der Waals surface area contributed by atoms with Crippen LogP contribution in [0.3, 0.4) is 0 Å². The first kappa shape index (κ1) is 14.7. The van der Waals surface area contributed by atoms with Crippen molar-refractivity contribution in [2.75, 3.05) is 0 Å². The van der Waals surface area contributed by atoms with E-state index in [4.69, 9.17) is 9.97 Å². The summed E-state index contributed by atoms with van der Waals surface area (Å²) < 4.78 is 0. The Labute approximate surface area is 150 Å². The van der Waals surface area contributed by atoms with Crippen LogP contribution in [0.5, 0.6) is 0 Å². The fourth-order valence-electron chi connectivity index (χ4n) is 3.13. The highest BCUT2D eigenvalue weighted by Crippen LogP contribution is 2.28. The summed E-state index contributed by atoms with van der Waals surface area (Å²) in [6, 6.07) is 20.3. The lowest BCUT2D eigenvalue weighted by Crippen LogP contribution is -1.91. The molecule has 5 aromatic rings. The molecule has 0 bridgehead atoms. The van der Waals surface area contributed by atoms with E-state index in [0.717, 1.165) is 44.3 Å². The summed E-state index contributed by atoms with van der Waals surface area (Å²) in [5, 5.41) is 2.16. The Hall–Kier alpha value is -3.66. The molecule has 0 fully saturated rings. The van der Waals surface area contributed by atoms with E-state index in [-0.39, 0.29) is 0 Å². The molecule has 0 aliphatic rings. The number of benzene rings is 1. The van der Waals surface area contributed by atoms with Gasteiger partial charge < -0.3 is 0 Å². The average molecular weight is 334 g/mol. The van der Waals surface area contributed by atoms with E-state index < -0.39 is 0 Å². The Kier molecular flexibility index (Phi) is 3.39. The lowest BCUT2D eigenvalue weighted by atomic mass is 10.1. The zero-order valence-electron chi connectivity index (χ0n) is 13.9. The standard InChI is InChI=1S/C22H14N4/c1-2-18-4-6-20(16-9-13-24-14-10-16)26-22(18)21-17(1)3-5-19(25-21)15-7-11-23-12-8-15/h1-14H. The van der Waals surface area contributed by atoms with Crippen molar-refractivity contribution in [3.8, 4) is 22.5 Å². The largest absolute Gasteiger partial charge is 0.265 e. The molecular formula is C22H14N4. The van der Waals surface area contributed by atoms with E-state index in [9.17, 15) is 0 Å². The first-order valence-corrected chi connectivity index (χ1v) is 8.40. The molecule has 0 aliphatic heterocycles. The van der Waals surface area contributed by atoms with Crippen LogP contribution in [0.15, 0.2) is 85.5 Å². The van der Waals surface area contributed by atoms with Crippen LogP contribution in [0.1, 0.15) is 0 Å². The van der Waals surface area contributed by atoms with Gasteiger partial charge in [0, 0.05) is 46.7 Å². The van der Waals surface area contributed by atoms with Crippen LogP contribution in [0.25, 0.3) is 44.3 Å². The van der Waals surface area contributed by atoms with Crippen molar-refractivity contribution < 1.29 is 0 Å². The van der Waals surface area contributed by atoms with Crippen LogP contribution in [0.4, 0.5) is 0 Å². The lowest BCUT2D eigenvalue weighted by Gasteiger charge is -2.08. The topological polar surface area (TPSA) is 51.6 Å². The quantitative estimate of drug-likeness (QED) is 0.431. The fraction of sp³-hybridized carbons (Fsp3) is 0. The number of rotatable bonds is 2. The Morgan fingerprint density at radius 3 is 1.23 bits per heavy atom. The summed E-state index contributed by atoms with van der Waals surface area (Å²) >= 11 is 0. The molecule has 0 saturated heterocycles. The molecule has 4 aromatic heterocycles. The van der Waals surface area contributed by atoms with Crippen molar-refractivity contribution in [3.05, 3.63) is 85.5 Å². The van der Waals surface area contributed by atoms with E-state index in [2.05, 4.69) is 34.2 Å². The van der Waals surface area contributed by atoms with Gasteiger partial charge in [0.05, 0.1) is 22.4 Å². The number of pyridine rings is 4. The molecule has 4 heteroatoms. The maximum absolute atomic E-state index is 4.91. The lowest BCUT2D eigenvalue weighted by molar-refractivity contribution is 1.30. The van der Waals surface area contributed by atoms with Crippen molar-refractivity contribution in [3.63, 3.8) is 0 Å². The van der Waals surface area contributed by atoms with Gasteiger partial charge in [-0.1, -0.05) is 24.3 Å². The van der Waals surface area contributed by atoms with E-state index in [0.29, 0.717) is 0 Å². The summed E-state index contributed by atoms with van der Waals surface area (Å²) in [4.78, 5) is 18.0. The number of nitrogens with zero attached hydrogens (tertiary/aromatic N) is 4. The Balaban J connectivity index is 1.77. The molecule has 4 heterocycles. The molecule has 0 aliphatic carbocycles. The van der Waals surface area contributed by atoms with Crippen molar-refractivity contribution in [1.29, 1.82) is 0 Å². The van der Waals surface area contributed by atoms with Crippen molar-refractivity contribution >= 4 is 21.8 Å². The number of aromatic nitrogens is 4. The zero-order chi connectivity index (χ0) is 17.3. The van der Waals surface area contributed by atoms with Gasteiger partial charge in [0.1, 0.15) is 0 Å². The third-order valence-corrected chi connectivity index (χ3v) is 4.47. The molecule has 122 valence electrons. The van der Waals surface area contributed by atoms with Crippen LogP contribution < -0.4 is 0 Å². The molecule has 5 rings (SSSR count). The van der Waals surface area contributed by atoms with Crippen molar-refractivity contribution in [1.82, 2.24) is 19.9 Å². The van der Waals surface area contributed by atoms with Crippen molar-refractivity contribution in [2.24, 2.45) is 0 Å². The van der Waals surface area contributed by atoms with Crippen LogP contribution in [-0.4, -0.2) is 19.9 Å². The molecule has 0 unspecified atom stereocenters. The normalized spacial score (nSPS) is 11.1. The number of hydrogen-bond acceptors (Lipinski definition) is 4. The maximum atomic E-state index is 4.91. The second-order valence-corrected chi connectivity index (χ2v) is 6.07. The van der Waals surface area contributed by atoms with Gasteiger partial charge in [-0.05, 0) is 36.4 Å².